The smallest absolute Gasteiger partial charge is 0.235 e. The summed E-state index contributed by atoms with van der Waals surface area (Å²) in [4.78, 5) is 14.8. The monoisotopic (exact) mass is 339 g/mol. The lowest BCUT2D eigenvalue weighted by Crippen LogP contribution is -2.21. The van der Waals surface area contributed by atoms with E-state index in [9.17, 15) is 9.18 Å². The van der Waals surface area contributed by atoms with Crippen LogP contribution in [0.5, 0.6) is 5.75 Å². The van der Waals surface area contributed by atoms with E-state index in [4.69, 9.17) is 4.74 Å². The minimum absolute atomic E-state index is 0.203. The van der Waals surface area contributed by atoms with Crippen molar-refractivity contribution in [3.63, 3.8) is 0 Å². The molecule has 0 N–H and O–H groups in total. The molecule has 0 heterocycles. The van der Waals surface area contributed by atoms with Crippen LogP contribution >= 0.6 is 15.9 Å². The van der Waals surface area contributed by atoms with Crippen LogP contribution in [0.3, 0.4) is 0 Å². The molecule has 3 nitrogen and oxygen atoms in total. The van der Waals surface area contributed by atoms with Gasteiger partial charge in [0, 0.05) is 5.56 Å². The highest BCUT2D eigenvalue weighted by atomic mass is 79.9. The number of hydrogen-bond donors (Lipinski definition) is 0. The molecule has 2 aliphatic rings. The largest absolute Gasteiger partial charge is 0.489 e. The van der Waals surface area contributed by atoms with Crippen LogP contribution in [0.25, 0.3) is 0 Å². The zero-order valence-corrected chi connectivity index (χ0v) is 12.6. The van der Waals surface area contributed by atoms with E-state index in [0.29, 0.717) is 15.8 Å². The number of halogens is 2. The topological polar surface area (TPSA) is 38.7 Å². The van der Waals surface area contributed by atoms with E-state index in [1.807, 2.05) is 0 Å². The molecule has 3 rings (SSSR count). The van der Waals surface area contributed by atoms with Crippen LogP contribution in [-0.2, 0) is 10.3 Å². The van der Waals surface area contributed by atoms with Gasteiger partial charge in [-0.2, -0.15) is 4.99 Å². The van der Waals surface area contributed by atoms with Crippen LogP contribution in [0.2, 0.25) is 0 Å². The molecule has 0 radical (unpaired) electrons. The molecular formula is C15H15BrFNO2. The van der Waals surface area contributed by atoms with Gasteiger partial charge in [0.1, 0.15) is 17.1 Å². The van der Waals surface area contributed by atoms with Crippen molar-refractivity contribution in [1.82, 2.24) is 0 Å². The van der Waals surface area contributed by atoms with Crippen LogP contribution in [0.15, 0.2) is 21.6 Å². The minimum atomic E-state index is -0.670. The van der Waals surface area contributed by atoms with Crippen molar-refractivity contribution in [2.45, 2.75) is 50.2 Å². The zero-order valence-electron chi connectivity index (χ0n) is 11.0. The molecule has 5 heteroatoms. The summed E-state index contributed by atoms with van der Waals surface area (Å²) < 4.78 is 20.3. The second-order valence-electron chi connectivity index (χ2n) is 5.52. The first-order valence-corrected chi connectivity index (χ1v) is 7.69. The second kappa shape index (κ2) is 5.30. The van der Waals surface area contributed by atoms with Crippen molar-refractivity contribution in [3.8, 4) is 5.75 Å². The lowest BCUT2D eigenvalue weighted by atomic mass is 9.88. The van der Waals surface area contributed by atoms with Gasteiger partial charge in [0.2, 0.25) is 6.08 Å². The number of aliphatic imine (C=N–C) groups is 1. The number of isocyanates is 1. The van der Waals surface area contributed by atoms with Gasteiger partial charge in [-0.15, -0.1) is 0 Å². The Hall–Kier alpha value is -1.19. The van der Waals surface area contributed by atoms with Crippen LogP contribution in [-0.4, -0.2) is 12.2 Å². The molecular weight excluding hydrogens is 325 g/mol. The first-order valence-electron chi connectivity index (χ1n) is 6.90. The molecule has 0 saturated heterocycles. The molecule has 106 valence electrons. The van der Waals surface area contributed by atoms with Gasteiger partial charge in [-0.25, -0.2) is 9.18 Å². The van der Waals surface area contributed by atoms with Gasteiger partial charge < -0.3 is 4.74 Å². The highest BCUT2D eigenvalue weighted by Gasteiger charge is 2.40. The average molecular weight is 340 g/mol. The Bertz CT molecular complexity index is 573. The second-order valence-corrected chi connectivity index (χ2v) is 6.38. The van der Waals surface area contributed by atoms with Gasteiger partial charge in [-0.1, -0.05) is 12.8 Å². The van der Waals surface area contributed by atoms with Crippen molar-refractivity contribution in [1.29, 1.82) is 0 Å². The number of carbonyl (C=O) groups excluding carboxylic acids is 1. The summed E-state index contributed by atoms with van der Waals surface area (Å²) >= 11 is 3.37. The predicted octanol–water partition coefficient (Wildman–Crippen LogP) is 4.23. The maximum atomic E-state index is 13.8. The van der Waals surface area contributed by atoms with Crippen molar-refractivity contribution >= 4 is 22.0 Å². The third kappa shape index (κ3) is 2.52. The fourth-order valence-corrected chi connectivity index (χ4v) is 3.39. The standard InChI is InChI=1S/C15H15BrFNO2/c16-13-8-10(17)7-12(14(13)20-11-3-4-11)15(18-9-19)5-1-2-6-15/h7-8,11H,1-6H2. The Labute approximate surface area is 125 Å². The molecule has 1 aromatic rings. The molecule has 0 unspecified atom stereocenters. The Morgan fingerprint density at radius 3 is 2.65 bits per heavy atom. The first kappa shape index (κ1) is 13.8. The summed E-state index contributed by atoms with van der Waals surface area (Å²) in [5.74, 6) is 0.289. The molecule has 2 saturated carbocycles. The number of nitrogens with zero attached hydrogens (tertiary/aromatic N) is 1. The third-order valence-electron chi connectivity index (χ3n) is 4.01. The summed E-state index contributed by atoms with van der Waals surface area (Å²) in [5.41, 5.74) is 0.00785. The van der Waals surface area contributed by atoms with Gasteiger partial charge in [-0.05, 0) is 53.7 Å². The van der Waals surface area contributed by atoms with Gasteiger partial charge >= 0.3 is 0 Å². The Balaban J connectivity index is 2.11. The summed E-state index contributed by atoms with van der Waals surface area (Å²) in [6.07, 6.45) is 7.33. The van der Waals surface area contributed by atoms with Crippen molar-refractivity contribution in [3.05, 3.63) is 28.0 Å². The molecule has 0 amide bonds. The van der Waals surface area contributed by atoms with Crippen molar-refractivity contribution in [2.24, 2.45) is 4.99 Å². The van der Waals surface area contributed by atoms with E-state index in [1.54, 1.807) is 6.08 Å². The minimum Gasteiger partial charge on any atom is -0.489 e. The van der Waals surface area contributed by atoms with E-state index >= 15 is 0 Å². The van der Waals surface area contributed by atoms with Crippen molar-refractivity contribution in [2.75, 3.05) is 0 Å². The Morgan fingerprint density at radius 2 is 2.05 bits per heavy atom. The van der Waals surface area contributed by atoms with Gasteiger partial charge in [0.05, 0.1) is 10.6 Å². The molecule has 1 aromatic carbocycles. The fourth-order valence-electron chi connectivity index (χ4n) is 2.87. The van der Waals surface area contributed by atoms with Crippen LogP contribution < -0.4 is 4.74 Å². The maximum Gasteiger partial charge on any atom is 0.235 e. The van der Waals surface area contributed by atoms with Crippen LogP contribution in [0, 0.1) is 5.82 Å². The molecule has 0 spiro atoms. The van der Waals surface area contributed by atoms with E-state index < -0.39 is 5.54 Å². The first-order chi connectivity index (χ1) is 9.64. The lowest BCUT2D eigenvalue weighted by molar-refractivity contribution is 0.287. The van der Waals surface area contributed by atoms with Gasteiger partial charge in [0.15, 0.2) is 0 Å². The fraction of sp³-hybridized carbons (Fsp3) is 0.533. The molecule has 2 aliphatic carbocycles. The summed E-state index contributed by atoms with van der Waals surface area (Å²) in [6, 6.07) is 2.85. The Morgan fingerprint density at radius 1 is 1.35 bits per heavy atom. The molecule has 0 aliphatic heterocycles. The Kier molecular flexibility index (Phi) is 3.65. The third-order valence-corrected chi connectivity index (χ3v) is 4.60. The van der Waals surface area contributed by atoms with E-state index in [1.165, 1.54) is 12.1 Å². The maximum absolute atomic E-state index is 13.8. The summed E-state index contributed by atoms with van der Waals surface area (Å²) in [5, 5.41) is 0. The zero-order chi connectivity index (χ0) is 14.2. The summed E-state index contributed by atoms with van der Waals surface area (Å²) in [6.45, 7) is 0. The molecule has 0 aromatic heterocycles. The quantitative estimate of drug-likeness (QED) is 0.608. The summed E-state index contributed by atoms with van der Waals surface area (Å²) in [7, 11) is 0. The van der Waals surface area contributed by atoms with Gasteiger partial charge in [0.25, 0.3) is 0 Å². The lowest BCUT2D eigenvalue weighted by Gasteiger charge is -2.26. The van der Waals surface area contributed by atoms with Crippen LogP contribution in [0.4, 0.5) is 4.39 Å². The molecule has 2 fully saturated rings. The van der Waals surface area contributed by atoms with E-state index in [0.717, 1.165) is 38.5 Å². The van der Waals surface area contributed by atoms with Crippen LogP contribution in [0.1, 0.15) is 44.1 Å². The predicted molar refractivity (Wildman–Crippen MR) is 76.0 cm³/mol. The SMILES string of the molecule is O=C=NC1(c2cc(F)cc(Br)c2OC2CC2)CCCC1. The van der Waals surface area contributed by atoms with E-state index in [2.05, 4.69) is 20.9 Å². The average Bonchev–Trinajstić information content (AvgIpc) is 3.10. The van der Waals surface area contributed by atoms with Gasteiger partial charge in [-0.3, -0.25) is 0 Å². The highest BCUT2D eigenvalue weighted by Crippen LogP contribution is 2.49. The van der Waals surface area contributed by atoms with Crippen molar-refractivity contribution < 1.29 is 13.9 Å². The van der Waals surface area contributed by atoms with E-state index in [-0.39, 0.29) is 11.9 Å². The number of benzene rings is 1. The molecule has 0 atom stereocenters. The normalized spacial score (nSPS) is 20.5. The number of ether oxygens (including phenoxy) is 1. The molecule has 20 heavy (non-hydrogen) atoms. The number of rotatable bonds is 4. The number of hydrogen-bond acceptors (Lipinski definition) is 3. The highest BCUT2D eigenvalue weighted by molar-refractivity contribution is 9.10. The molecule has 0 bridgehead atoms.